The Hall–Kier alpha value is -1.40. The van der Waals surface area contributed by atoms with E-state index in [2.05, 4.69) is 19.4 Å². The lowest BCUT2D eigenvalue weighted by molar-refractivity contribution is -0.142. The highest BCUT2D eigenvalue weighted by Gasteiger charge is 2.40. The summed E-state index contributed by atoms with van der Waals surface area (Å²) in [4.78, 5) is 21.5. The second-order valence-electron chi connectivity index (χ2n) is 7.73. The molecule has 0 saturated carbocycles. The molecular weight excluding hydrogens is 316 g/mol. The van der Waals surface area contributed by atoms with Gasteiger partial charge in [0.15, 0.2) is 0 Å². The minimum atomic E-state index is 0.367. The van der Waals surface area contributed by atoms with Crippen LogP contribution in [-0.4, -0.2) is 70.2 Å². The minimum Gasteiger partial charge on any atom is -0.381 e. The van der Waals surface area contributed by atoms with Crippen molar-refractivity contribution in [3.05, 3.63) is 18.7 Å². The number of aromatic nitrogens is 2. The van der Waals surface area contributed by atoms with Gasteiger partial charge in [0.2, 0.25) is 5.91 Å². The molecule has 4 rings (SSSR count). The Labute approximate surface area is 150 Å². The van der Waals surface area contributed by atoms with E-state index in [1.807, 2.05) is 18.7 Å². The third-order valence-corrected chi connectivity index (χ3v) is 6.26. The number of nitrogens with zero attached hydrogens (tertiary/aromatic N) is 4. The Bertz CT molecular complexity index is 556. The third kappa shape index (κ3) is 3.90. The summed E-state index contributed by atoms with van der Waals surface area (Å²) in [5.74, 6) is 1.02. The summed E-state index contributed by atoms with van der Waals surface area (Å²) in [5.41, 5.74) is 0. The predicted molar refractivity (Wildman–Crippen MR) is 95.1 cm³/mol. The number of amides is 1. The zero-order chi connectivity index (χ0) is 17.1. The molecule has 0 aromatic carbocycles. The lowest BCUT2D eigenvalue weighted by Gasteiger charge is -2.49. The monoisotopic (exact) mass is 346 g/mol. The first-order valence-corrected chi connectivity index (χ1v) is 9.88. The molecule has 3 aliphatic rings. The normalized spacial score (nSPS) is 29.0. The number of hydrogen-bond acceptors (Lipinski definition) is 4. The second-order valence-corrected chi connectivity index (χ2v) is 7.73. The van der Waals surface area contributed by atoms with Crippen molar-refractivity contribution in [1.29, 1.82) is 0 Å². The standard InChI is InChI=1S/C19H30N4O2/c24-19-3-2-16-14-22(17-5-12-25-13-6-17)10-4-18(16)23(19)9-1-8-21-11-7-20-15-21/h7,11,15-18H,1-6,8-10,12-14H2/t16-,18+/m1/s1. The van der Waals surface area contributed by atoms with Crippen LogP contribution in [0.1, 0.15) is 38.5 Å². The second kappa shape index (κ2) is 7.87. The third-order valence-electron chi connectivity index (χ3n) is 6.26. The van der Waals surface area contributed by atoms with Crippen molar-refractivity contribution in [1.82, 2.24) is 19.4 Å². The molecule has 1 amide bonds. The molecule has 6 nitrogen and oxygen atoms in total. The molecular formula is C19H30N4O2. The molecule has 0 bridgehead atoms. The van der Waals surface area contributed by atoms with Gasteiger partial charge in [-0.1, -0.05) is 0 Å². The van der Waals surface area contributed by atoms with Crippen LogP contribution in [0, 0.1) is 5.92 Å². The van der Waals surface area contributed by atoms with E-state index >= 15 is 0 Å². The highest BCUT2D eigenvalue weighted by Crippen LogP contribution is 2.33. The molecule has 3 fully saturated rings. The van der Waals surface area contributed by atoms with Crippen LogP contribution in [0.5, 0.6) is 0 Å². The number of imidazole rings is 1. The maximum absolute atomic E-state index is 12.5. The first-order chi connectivity index (χ1) is 12.3. The predicted octanol–water partition coefficient (Wildman–Crippen LogP) is 1.77. The molecule has 3 saturated heterocycles. The fraction of sp³-hybridized carbons (Fsp3) is 0.789. The lowest BCUT2D eigenvalue weighted by Crippen LogP contribution is -2.58. The number of likely N-dealkylation sites (tertiary alicyclic amines) is 2. The number of carbonyl (C=O) groups is 1. The van der Waals surface area contributed by atoms with E-state index in [9.17, 15) is 4.79 Å². The van der Waals surface area contributed by atoms with Crippen LogP contribution in [0.25, 0.3) is 0 Å². The Kier molecular flexibility index (Phi) is 5.36. The van der Waals surface area contributed by atoms with Gasteiger partial charge in [-0.2, -0.15) is 0 Å². The van der Waals surface area contributed by atoms with Gasteiger partial charge in [0, 0.05) is 70.3 Å². The largest absolute Gasteiger partial charge is 0.381 e. The lowest BCUT2D eigenvalue weighted by atomic mass is 9.82. The van der Waals surface area contributed by atoms with Gasteiger partial charge in [-0.05, 0) is 38.0 Å². The summed E-state index contributed by atoms with van der Waals surface area (Å²) in [6.07, 6.45) is 12.0. The molecule has 25 heavy (non-hydrogen) atoms. The first kappa shape index (κ1) is 17.0. The molecule has 3 aliphatic heterocycles. The van der Waals surface area contributed by atoms with Crippen LogP contribution in [0.4, 0.5) is 0 Å². The first-order valence-electron chi connectivity index (χ1n) is 9.88. The Morgan fingerprint density at radius 1 is 1.16 bits per heavy atom. The Morgan fingerprint density at radius 3 is 2.84 bits per heavy atom. The van der Waals surface area contributed by atoms with E-state index in [4.69, 9.17) is 4.74 Å². The summed E-state index contributed by atoms with van der Waals surface area (Å²) < 4.78 is 7.61. The van der Waals surface area contributed by atoms with Crippen LogP contribution in [0.3, 0.4) is 0 Å². The molecule has 0 aliphatic carbocycles. The fourth-order valence-corrected chi connectivity index (χ4v) is 4.89. The average Bonchev–Trinajstić information content (AvgIpc) is 3.17. The van der Waals surface area contributed by atoms with E-state index in [0.717, 1.165) is 58.5 Å². The number of carbonyl (C=O) groups excluding carboxylic acids is 1. The van der Waals surface area contributed by atoms with Crippen LogP contribution >= 0.6 is 0 Å². The van der Waals surface area contributed by atoms with Gasteiger partial charge in [0.1, 0.15) is 0 Å². The molecule has 4 heterocycles. The van der Waals surface area contributed by atoms with Crippen molar-refractivity contribution >= 4 is 5.91 Å². The van der Waals surface area contributed by atoms with Gasteiger partial charge < -0.3 is 14.2 Å². The number of rotatable bonds is 5. The maximum Gasteiger partial charge on any atom is 0.222 e. The van der Waals surface area contributed by atoms with Crippen LogP contribution in [0.2, 0.25) is 0 Å². The molecule has 1 aromatic heterocycles. The molecule has 1 aromatic rings. The maximum atomic E-state index is 12.5. The van der Waals surface area contributed by atoms with Crippen LogP contribution in [0.15, 0.2) is 18.7 Å². The molecule has 0 N–H and O–H groups in total. The smallest absolute Gasteiger partial charge is 0.222 e. The highest BCUT2D eigenvalue weighted by atomic mass is 16.5. The van der Waals surface area contributed by atoms with E-state index in [0.29, 0.717) is 23.9 Å². The van der Waals surface area contributed by atoms with E-state index in [1.54, 1.807) is 0 Å². The van der Waals surface area contributed by atoms with Crippen molar-refractivity contribution in [2.45, 2.75) is 57.2 Å². The van der Waals surface area contributed by atoms with Gasteiger partial charge in [-0.25, -0.2) is 4.98 Å². The van der Waals surface area contributed by atoms with Crippen molar-refractivity contribution in [2.24, 2.45) is 5.92 Å². The van der Waals surface area contributed by atoms with Crippen molar-refractivity contribution in [3.8, 4) is 0 Å². The average molecular weight is 346 g/mol. The Balaban J connectivity index is 1.32. The quantitative estimate of drug-likeness (QED) is 0.815. The summed E-state index contributed by atoms with van der Waals surface area (Å²) >= 11 is 0. The van der Waals surface area contributed by atoms with E-state index in [-0.39, 0.29) is 0 Å². The van der Waals surface area contributed by atoms with Crippen LogP contribution < -0.4 is 0 Å². The molecule has 138 valence electrons. The van der Waals surface area contributed by atoms with Gasteiger partial charge in [-0.3, -0.25) is 9.69 Å². The van der Waals surface area contributed by atoms with Gasteiger partial charge >= 0.3 is 0 Å². The SMILES string of the molecule is O=C1CC[C@@H]2CN(C3CCOCC3)CC[C@@H]2N1CCCn1ccnc1. The molecule has 2 atom stereocenters. The summed E-state index contributed by atoms with van der Waals surface area (Å²) in [5, 5.41) is 0. The molecule has 6 heteroatoms. The zero-order valence-electron chi connectivity index (χ0n) is 15.1. The summed E-state index contributed by atoms with van der Waals surface area (Å²) in [7, 11) is 0. The number of aryl methyl sites for hydroxylation is 1. The molecule has 0 radical (unpaired) electrons. The van der Waals surface area contributed by atoms with Crippen molar-refractivity contribution in [3.63, 3.8) is 0 Å². The molecule has 0 unspecified atom stereocenters. The zero-order valence-corrected chi connectivity index (χ0v) is 15.1. The number of fused-ring (bicyclic) bond motifs is 1. The van der Waals surface area contributed by atoms with Crippen molar-refractivity contribution in [2.75, 3.05) is 32.8 Å². The van der Waals surface area contributed by atoms with E-state index < -0.39 is 0 Å². The van der Waals surface area contributed by atoms with Gasteiger partial charge in [-0.15, -0.1) is 0 Å². The van der Waals surface area contributed by atoms with Crippen LogP contribution in [-0.2, 0) is 16.1 Å². The number of hydrogen-bond donors (Lipinski definition) is 0. The topological polar surface area (TPSA) is 50.6 Å². The van der Waals surface area contributed by atoms with Crippen molar-refractivity contribution < 1.29 is 9.53 Å². The Morgan fingerprint density at radius 2 is 2.04 bits per heavy atom. The van der Waals surface area contributed by atoms with Gasteiger partial charge in [0.05, 0.1) is 6.33 Å². The number of piperidine rings is 2. The number of ether oxygens (including phenoxy) is 1. The minimum absolute atomic E-state index is 0.367. The van der Waals surface area contributed by atoms with E-state index in [1.165, 1.54) is 19.4 Å². The molecule has 0 spiro atoms. The summed E-state index contributed by atoms with van der Waals surface area (Å²) in [6, 6.07) is 1.15. The van der Waals surface area contributed by atoms with Gasteiger partial charge in [0.25, 0.3) is 0 Å². The summed E-state index contributed by atoms with van der Waals surface area (Å²) in [6.45, 7) is 5.95. The fourth-order valence-electron chi connectivity index (χ4n) is 4.89. The highest BCUT2D eigenvalue weighted by molar-refractivity contribution is 5.77.